The van der Waals surface area contributed by atoms with Crippen molar-refractivity contribution in [1.29, 1.82) is 0 Å². The smallest absolute Gasteiger partial charge is 0.274 e. The second-order valence-corrected chi connectivity index (χ2v) is 7.49. The molecule has 2 aromatic rings. The molecule has 2 amide bonds. The highest BCUT2D eigenvalue weighted by Gasteiger charge is 2.23. The van der Waals surface area contributed by atoms with Gasteiger partial charge in [0, 0.05) is 26.3 Å². The number of nitrogens with one attached hydrogen (secondary N) is 1. The van der Waals surface area contributed by atoms with Gasteiger partial charge < -0.3 is 14.8 Å². The van der Waals surface area contributed by atoms with Crippen molar-refractivity contribution in [2.75, 3.05) is 18.4 Å². The van der Waals surface area contributed by atoms with E-state index < -0.39 is 17.3 Å². The van der Waals surface area contributed by atoms with Crippen LogP contribution in [-0.4, -0.2) is 34.4 Å². The summed E-state index contributed by atoms with van der Waals surface area (Å²) in [5.41, 5.74) is -0.688. The van der Waals surface area contributed by atoms with Gasteiger partial charge in [-0.3, -0.25) is 14.4 Å². The zero-order chi connectivity index (χ0) is 20.4. The van der Waals surface area contributed by atoms with Crippen LogP contribution < -0.4 is 10.9 Å². The Labute approximate surface area is 166 Å². The molecule has 1 aliphatic rings. The molecule has 2 heterocycles. The number of amides is 2. The number of rotatable bonds is 3. The lowest BCUT2D eigenvalue weighted by molar-refractivity contribution is 0.0696. The quantitative estimate of drug-likeness (QED) is 0.851. The Morgan fingerprint density at radius 3 is 2.57 bits per heavy atom. The predicted molar refractivity (Wildman–Crippen MR) is 105 cm³/mol. The summed E-state index contributed by atoms with van der Waals surface area (Å²) >= 11 is 5.91. The van der Waals surface area contributed by atoms with Gasteiger partial charge in [-0.05, 0) is 37.0 Å². The van der Waals surface area contributed by atoms with Crippen molar-refractivity contribution in [2.24, 2.45) is 13.0 Å². The molecule has 1 fully saturated rings. The van der Waals surface area contributed by atoms with Gasteiger partial charge in [0.05, 0.1) is 16.1 Å². The first-order chi connectivity index (χ1) is 13.3. The normalized spacial score (nSPS) is 14.8. The van der Waals surface area contributed by atoms with Crippen molar-refractivity contribution in [3.63, 3.8) is 0 Å². The zero-order valence-electron chi connectivity index (χ0n) is 15.7. The van der Waals surface area contributed by atoms with Crippen LogP contribution in [0.2, 0.25) is 5.02 Å². The molecule has 1 aromatic heterocycles. The highest BCUT2D eigenvalue weighted by Crippen LogP contribution is 2.21. The molecule has 1 aromatic carbocycles. The summed E-state index contributed by atoms with van der Waals surface area (Å²) in [7, 11) is 1.49. The number of hydrogen-bond acceptors (Lipinski definition) is 3. The molecule has 0 saturated carbocycles. The number of halogens is 2. The van der Waals surface area contributed by atoms with Crippen LogP contribution in [-0.2, 0) is 7.05 Å². The van der Waals surface area contributed by atoms with Gasteiger partial charge in [0.25, 0.3) is 17.4 Å². The van der Waals surface area contributed by atoms with Crippen molar-refractivity contribution in [1.82, 2.24) is 9.47 Å². The molecule has 0 unspecified atom stereocenters. The van der Waals surface area contributed by atoms with Crippen LogP contribution in [0.15, 0.2) is 35.3 Å². The number of hydrogen-bond donors (Lipinski definition) is 1. The molecule has 8 heteroatoms. The topological polar surface area (TPSA) is 71.4 Å². The van der Waals surface area contributed by atoms with Crippen molar-refractivity contribution >= 4 is 29.1 Å². The highest BCUT2D eigenvalue weighted by molar-refractivity contribution is 6.34. The third-order valence-corrected chi connectivity index (χ3v) is 5.25. The van der Waals surface area contributed by atoms with Crippen molar-refractivity contribution in [2.45, 2.75) is 19.8 Å². The van der Waals surface area contributed by atoms with E-state index in [0.717, 1.165) is 18.9 Å². The first kappa shape index (κ1) is 20.1. The zero-order valence-corrected chi connectivity index (χ0v) is 16.4. The Hall–Kier alpha value is -2.67. The summed E-state index contributed by atoms with van der Waals surface area (Å²) in [5, 5.41) is 2.32. The molecule has 0 aliphatic carbocycles. The molecule has 148 valence electrons. The number of anilines is 1. The van der Waals surface area contributed by atoms with Crippen LogP contribution in [0.25, 0.3) is 0 Å². The molecule has 3 rings (SSSR count). The number of aryl methyl sites for hydroxylation is 1. The van der Waals surface area contributed by atoms with Gasteiger partial charge in [0.2, 0.25) is 0 Å². The summed E-state index contributed by atoms with van der Waals surface area (Å²) < 4.78 is 15.2. The molecule has 1 N–H and O–H groups in total. The maximum absolute atomic E-state index is 14.0. The molecule has 6 nitrogen and oxygen atoms in total. The summed E-state index contributed by atoms with van der Waals surface area (Å²) in [6.45, 7) is 3.44. The standard InChI is InChI=1S/C20H21ClFN3O3/c1-12-6-8-25(9-7-12)19(27)13-10-16(20(28)24(2)11-13)23-18(26)17-14(21)4-3-5-15(17)22/h3-5,10-12H,6-9H2,1-2H3,(H,23,26). The van der Waals surface area contributed by atoms with Gasteiger partial charge in [-0.25, -0.2) is 4.39 Å². The van der Waals surface area contributed by atoms with Crippen molar-refractivity contribution in [3.05, 3.63) is 62.8 Å². The first-order valence-corrected chi connectivity index (χ1v) is 9.41. The van der Waals surface area contributed by atoms with Crippen LogP contribution in [0, 0.1) is 11.7 Å². The number of nitrogens with zero attached hydrogens (tertiary/aromatic N) is 2. The Morgan fingerprint density at radius 1 is 1.25 bits per heavy atom. The predicted octanol–water partition coefficient (Wildman–Crippen LogP) is 3.30. The number of likely N-dealkylation sites (tertiary alicyclic amines) is 1. The number of carbonyl (C=O) groups excluding carboxylic acids is 2. The molecule has 28 heavy (non-hydrogen) atoms. The molecular weight excluding hydrogens is 385 g/mol. The fourth-order valence-corrected chi connectivity index (χ4v) is 3.46. The average molecular weight is 406 g/mol. The number of piperidine rings is 1. The van der Waals surface area contributed by atoms with E-state index in [1.807, 2.05) is 0 Å². The lowest BCUT2D eigenvalue weighted by Crippen LogP contribution is -2.38. The van der Waals surface area contributed by atoms with Crippen LogP contribution in [0.5, 0.6) is 0 Å². The van der Waals surface area contributed by atoms with Gasteiger partial charge in [-0.15, -0.1) is 0 Å². The summed E-state index contributed by atoms with van der Waals surface area (Å²) in [6.07, 6.45) is 3.29. The van der Waals surface area contributed by atoms with E-state index in [-0.39, 0.29) is 27.7 Å². The second-order valence-electron chi connectivity index (χ2n) is 7.08. The third-order valence-electron chi connectivity index (χ3n) is 4.94. The van der Waals surface area contributed by atoms with E-state index >= 15 is 0 Å². The monoisotopic (exact) mass is 405 g/mol. The van der Waals surface area contributed by atoms with Crippen LogP contribution in [0.3, 0.4) is 0 Å². The van der Waals surface area contributed by atoms with Crippen LogP contribution in [0.4, 0.5) is 10.1 Å². The average Bonchev–Trinajstić information content (AvgIpc) is 2.65. The fraction of sp³-hybridized carbons (Fsp3) is 0.350. The summed E-state index contributed by atoms with van der Waals surface area (Å²) in [6, 6.07) is 5.20. The molecule has 1 saturated heterocycles. The Bertz CT molecular complexity index is 961. The lowest BCUT2D eigenvalue weighted by Gasteiger charge is -2.30. The molecular formula is C20H21ClFN3O3. The molecule has 0 spiro atoms. The van der Waals surface area contributed by atoms with E-state index in [0.29, 0.717) is 19.0 Å². The number of benzene rings is 1. The third kappa shape index (κ3) is 4.09. The minimum Gasteiger partial charge on any atom is -0.339 e. The van der Waals surface area contributed by atoms with Gasteiger partial charge in [-0.2, -0.15) is 0 Å². The number of carbonyl (C=O) groups is 2. The van der Waals surface area contributed by atoms with E-state index in [1.165, 1.54) is 36.0 Å². The SMILES string of the molecule is CC1CCN(C(=O)c2cc(NC(=O)c3c(F)cccc3Cl)c(=O)n(C)c2)CC1. The maximum atomic E-state index is 14.0. The molecule has 0 bridgehead atoms. The van der Waals surface area contributed by atoms with Crippen LogP contribution in [0.1, 0.15) is 40.5 Å². The van der Waals surface area contributed by atoms with E-state index in [1.54, 1.807) is 4.90 Å². The summed E-state index contributed by atoms with van der Waals surface area (Å²) in [4.78, 5) is 39.4. The van der Waals surface area contributed by atoms with Crippen molar-refractivity contribution in [3.8, 4) is 0 Å². The van der Waals surface area contributed by atoms with E-state index in [9.17, 15) is 18.8 Å². The van der Waals surface area contributed by atoms with Crippen molar-refractivity contribution < 1.29 is 14.0 Å². The molecule has 1 aliphatic heterocycles. The van der Waals surface area contributed by atoms with E-state index in [4.69, 9.17) is 11.6 Å². The maximum Gasteiger partial charge on any atom is 0.274 e. The Morgan fingerprint density at radius 2 is 1.93 bits per heavy atom. The number of aromatic nitrogens is 1. The van der Waals surface area contributed by atoms with Gasteiger partial charge in [0.1, 0.15) is 11.5 Å². The number of pyridine rings is 1. The van der Waals surface area contributed by atoms with Crippen LogP contribution >= 0.6 is 11.6 Å². The minimum atomic E-state index is -0.850. The Balaban J connectivity index is 1.89. The van der Waals surface area contributed by atoms with Gasteiger partial charge in [-0.1, -0.05) is 24.6 Å². The fourth-order valence-electron chi connectivity index (χ4n) is 3.21. The summed E-state index contributed by atoms with van der Waals surface area (Å²) in [5.74, 6) is -1.28. The Kier molecular flexibility index (Phi) is 5.84. The molecule has 0 atom stereocenters. The minimum absolute atomic E-state index is 0.0657. The van der Waals surface area contributed by atoms with Gasteiger partial charge in [0.15, 0.2) is 0 Å². The largest absolute Gasteiger partial charge is 0.339 e. The lowest BCUT2D eigenvalue weighted by atomic mass is 9.99. The van der Waals surface area contributed by atoms with Gasteiger partial charge >= 0.3 is 0 Å². The second kappa shape index (κ2) is 8.14. The molecule has 0 radical (unpaired) electrons. The first-order valence-electron chi connectivity index (χ1n) is 9.03. The highest BCUT2D eigenvalue weighted by atomic mass is 35.5. The van der Waals surface area contributed by atoms with E-state index in [2.05, 4.69) is 12.2 Å².